The van der Waals surface area contributed by atoms with Crippen molar-refractivity contribution in [3.63, 3.8) is 0 Å². The molecule has 1 fully saturated rings. The first-order chi connectivity index (χ1) is 14.5. The Kier molecular flexibility index (Phi) is 6.65. The summed E-state index contributed by atoms with van der Waals surface area (Å²) in [7, 11) is -16.9. The van der Waals surface area contributed by atoms with Crippen molar-refractivity contribution in [1.82, 2.24) is 14.6 Å². The molecule has 0 spiro atoms. The van der Waals surface area contributed by atoms with Crippen molar-refractivity contribution in [2.45, 2.75) is 17.9 Å². The van der Waals surface area contributed by atoms with Gasteiger partial charge in [-0.2, -0.15) is 18.0 Å². The van der Waals surface area contributed by atoms with E-state index in [4.69, 9.17) is 25.2 Å². The summed E-state index contributed by atoms with van der Waals surface area (Å²) in [6.07, 6.45) is -5.03. The van der Waals surface area contributed by atoms with Crippen LogP contribution in [0.2, 0.25) is 0 Å². The van der Waals surface area contributed by atoms with Crippen LogP contribution in [0.3, 0.4) is 0 Å². The largest absolute Gasteiger partial charge is 0.490 e. The summed E-state index contributed by atoms with van der Waals surface area (Å²) < 4.78 is 79.9. The molecule has 180 valence electrons. The minimum absolute atomic E-state index is 0.0161. The molecule has 5 unspecified atom stereocenters. The highest BCUT2D eigenvalue weighted by atomic mass is 31.3. The minimum Gasteiger partial charge on any atom is -0.386 e. The third-order valence-corrected chi connectivity index (χ3v) is 7.89. The van der Waals surface area contributed by atoms with Gasteiger partial charge >= 0.3 is 29.5 Å². The first-order valence-corrected chi connectivity index (χ1v) is 12.6. The summed E-state index contributed by atoms with van der Waals surface area (Å²) >= 11 is 0. The lowest BCUT2D eigenvalue weighted by atomic mass is 9.95. The predicted molar refractivity (Wildman–Crippen MR) is 95.7 cm³/mol. The van der Waals surface area contributed by atoms with E-state index in [0.717, 1.165) is 10.6 Å². The van der Waals surface area contributed by atoms with Crippen LogP contribution in [0.5, 0.6) is 0 Å². The van der Waals surface area contributed by atoms with Crippen LogP contribution in [0.25, 0.3) is 5.52 Å². The highest BCUT2D eigenvalue weighted by molar-refractivity contribution is 7.66. The van der Waals surface area contributed by atoms with Crippen LogP contribution in [0.1, 0.15) is 5.69 Å². The molecule has 0 bridgehead atoms. The van der Waals surface area contributed by atoms with E-state index in [9.17, 15) is 28.1 Å². The molecule has 3 rings (SSSR count). The maximum absolute atomic E-state index is 15.6. The summed E-state index contributed by atoms with van der Waals surface area (Å²) in [4.78, 5) is 38.8. The van der Waals surface area contributed by atoms with Gasteiger partial charge in [-0.05, 0) is 12.1 Å². The number of halogens is 2. The molecule has 3 heterocycles. The average molecular weight is 526 g/mol. The lowest BCUT2D eigenvalue weighted by Crippen LogP contribution is -2.40. The first-order valence-electron chi connectivity index (χ1n) is 8.11. The van der Waals surface area contributed by atoms with Crippen molar-refractivity contribution in [1.29, 1.82) is 0 Å². The van der Waals surface area contributed by atoms with E-state index in [1.54, 1.807) is 0 Å². The molecule has 0 aliphatic carbocycles. The Hall–Kier alpha value is -1.39. The lowest BCUT2D eigenvalue weighted by molar-refractivity contribution is -0.0166. The number of hydrogen-bond donors (Lipinski definition) is 6. The molecule has 16 nitrogen and oxygen atoms in total. The van der Waals surface area contributed by atoms with Gasteiger partial charge in [-0.3, -0.25) is 4.52 Å². The average Bonchev–Trinajstić information content (AvgIpc) is 3.13. The number of ether oxygens (including phenoxy) is 1. The van der Waals surface area contributed by atoms with Crippen molar-refractivity contribution in [2.24, 2.45) is 0 Å². The Balaban J connectivity index is 1.73. The summed E-state index contributed by atoms with van der Waals surface area (Å²) in [6, 6.07) is 2.37. The van der Waals surface area contributed by atoms with E-state index in [1.165, 1.54) is 6.07 Å². The zero-order valence-corrected chi connectivity index (χ0v) is 18.0. The number of alkyl halides is 1. The van der Waals surface area contributed by atoms with E-state index in [2.05, 4.69) is 23.2 Å². The van der Waals surface area contributed by atoms with Crippen molar-refractivity contribution >= 4 is 34.8 Å². The number of aliphatic hydroxyl groups excluding tert-OH is 1. The van der Waals surface area contributed by atoms with Crippen molar-refractivity contribution in [3.05, 3.63) is 23.9 Å². The predicted octanol–water partition coefficient (Wildman–Crippen LogP) is -0.282. The molecule has 0 aromatic carbocycles. The third-order valence-electron chi connectivity index (χ3n) is 4.09. The van der Waals surface area contributed by atoms with Crippen molar-refractivity contribution in [2.75, 3.05) is 18.9 Å². The summed E-state index contributed by atoms with van der Waals surface area (Å²) in [5.74, 6) is -0.315. The number of rotatable bonds is 8. The van der Waals surface area contributed by atoms with E-state index >= 15 is 4.39 Å². The SMILES string of the molecule is Nc1nc(F)nn2c(C3(F)COC(COP(=O)(O)OP(=O)(O)OP(=O)(O)O)C3O)ccc12. The van der Waals surface area contributed by atoms with Gasteiger partial charge in [0.2, 0.25) is 5.67 Å². The van der Waals surface area contributed by atoms with Gasteiger partial charge in [0.05, 0.1) is 18.9 Å². The van der Waals surface area contributed by atoms with Gasteiger partial charge in [0.1, 0.15) is 17.7 Å². The maximum Gasteiger partial charge on any atom is 0.490 e. The zero-order chi connectivity index (χ0) is 24.1. The molecule has 2 aromatic rings. The first kappa shape index (κ1) is 25.2. The van der Waals surface area contributed by atoms with E-state index < -0.39 is 66.3 Å². The number of phosphoric ester groups is 1. The molecule has 0 amide bonds. The highest BCUT2D eigenvalue weighted by Gasteiger charge is 2.54. The molecule has 32 heavy (non-hydrogen) atoms. The molecule has 21 heteroatoms. The van der Waals surface area contributed by atoms with Gasteiger partial charge in [-0.1, -0.05) is 0 Å². The quantitative estimate of drug-likeness (QED) is 0.242. The maximum atomic E-state index is 15.6. The monoisotopic (exact) mass is 526 g/mol. The fourth-order valence-corrected chi connectivity index (χ4v) is 5.87. The molecular formula is C11H15F2N4O12P3. The standard InChI is InChI=1S/C11H15F2N4O12P3/c12-10-15-9(14)5-1-2-7(17(5)16-10)11(13)4-26-6(8(11)18)3-27-31(22,23)29-32(24,25)28-30(19,20)21/h1-2,6,8,18H,3-4H2,(H,22,23)(H,24,25)(H2,14,15,16)(H2,19,20,21). The van der Waals surface area contributed by atoms with Crippen LogP contribution in [0.4, 0.5) is 14.6 Å². The number of fused-ring (bicyclic) bond motifs is 1. The Morgan fingerprint density at radius 3 is 2.50 bits per heavy atom. The van der Waals surface area contributed by atoms with Crippen LogP contribution >= 0.6 is 23.5 Å². The molecule has 0 radical (unpaired) electrons. The highest BCUT2D eigenvalue weighted by Crippen LogP contribution is 2.66. The molecule has 1 saturated heterocycles. The number of nitrogen functional groups attached to an aromatic ring is 1. The molecule has 7 N–H and O–H groups in total. The number of anilines is 1. The summed E-state index contributed by atoms with van der Waals surface area (Å²) in [6.45, 7) is -1.94. The van der Waals surface area contributed by atoms with Crippen LogP contribution < -0.4 is 5.73 Å². The van der Waals surface area contributed by atoms with Gasteiger partial charge in [0.15, 0.2) is 5.82 Å². The second-order valence-corrected chi connectivity index (χ2v) is 10.7. The number of hydrogen-bond acceptors (Lipinski definition) is 11. The normalized spacial score (nSPS) is 28.0. The van der Waals surface area contributed by atoms with Gasteiger partial charge in [-0.25, -0.2) is 22.6 Å². The second kappa shape index (κ2) is 8.43. The fraction of sp³-hybridized carbons (Fsp3) is 0.455. The smallest absolute Gasteiger partial charge is 0.386 e. The van der Waals surface area contributed by atoms with Gasteiger partial charge in [-0.15, -0.1) is 5.10 Å². The Morgan fingerprint density at radius 2 is 1.88 bits per heavy atom. The number of nitrogens with zero attached hydrogens (tertiary/aromatic N) is 3. The molecule has 5 atom stereocenters. The number of nitrogens with two attached hydrogens (primary N) is 1. The minimum atomic E-state index is -5.76. The van der Waals surface area contributed by atoms with Crippen molar-refractivity contribution < 1.29 is 65.0 Å². The van der Waals surface area contributed by atoms with E-state index in [0.29, 0.717) is 0 Å². The Labute approximate surface area is 176 Å². The van der Waals surface area contributed by atoms with E-state index in [1.807, 2.05) is 0 Å². The molecule has 1 aliphatic heterocycles. The summed E-state index contributed by atoms with van der Waals surface area (Å²) in [5, 5.41) is 13.7. The fourth-order valence-electron chi connectivity index (χ4n) is 2.84. The van der Waals surface area contributed by atoms with E-state index in [-0.39, 0.29) is 11.3 Å². The Bertz CT molecular complexity index is 1170. The lowest BCUT2D eigenvalue weighted by Gasteiger charge is -2.24. The Morgan fingerprint density at radius 1 is 1.22 bits per heavy atom. The number of phosphoric acid groups is 3. The van der Waals surface area contributed by atoms with Crippen LogP contribution in [0, 0.1) is 6.08 Å². The molecule has 2 aromatic heterocycles. The van der Waals surface area contributed by atoms with Gasteiger partial charge < -0.3 is 35.2 Å². The molecule has 0 saturated carbocycles. The van der Waals surface area contributed by atoms with Crippen molar-refractivity contribution in [3.8, 4) is 0 Å². The summed E-state index contributed by atoms with van der Waals surface area (Å²) in [5.41, 5.74) is 2.42. The van der Waals surface area contributed by atoms with Crippen LogP contribution in [-0.4, -0.2) is 64.7 Å². The number of aromatic nitrogens is 3. The van der Waals surface area contributed by atoms with Crippen LogP contribution in [-0.2, 0) is 37.2 Å². The second-order valence-electron chi connectivity index (χ2n) is 6.33. The van der Waals surface area contributed by atoms with Gasteiger partial charge in [0, 0.05) is 0 Å². The topological polar surface area (TPSA) is 245 Å². The van der Waals surface area contributed by atoms with Gasteiger partial charge in [0.25, 0.3) is 0 Å². The third kappa shape index (κ3) is 5.39. The molecular weight excluding hydrogens is 511 g/mol. The molecule has 1 aliphatic rings. The van der Waals surface area contributed by atoms with Crippen LogP contribution in [0.15, 0.2) is 12.1 Å². The zero-order valence-electron chi connectivity index (χ0n) is 15.3. The number of aliphatic hydroxyl groups is 1.